The number of rotatable bonds is 31. The van der Waals surface area contributed by atoms with Crippen molar-refractivity contribution < 1.29 is 100 Å². The lowest BCUT2D eigenvalue weighted by atomic mass is 9.71. The van der Waals surface area contributed by atoms with Crippen molar-refractivity contribution in [2.45, 2.75) is 126 Å². The summed E-state index contributed by atoms with van der Waals surface area (Å²) >= 11 is 2.93. The zero-order valence-corrected chi connectivity index (χ0v) is 76.1. The number of aliphatic hydroxyl groups excluding tert-OH is 1. The van der Waals surface area contributed by atoms with E-state index in [1.54, 1.807) is 51.4 Å². The number of fused-ring (bicyclic) bond motifs is 24. The molecule has 0 spiro atoms. The van der Waals surface area contributed by atoms with Gasteiger partial charge in [0.1, 0.15) is 43.4 Å². The van der Waals surface area contributed by atoms with E-state index >= 15 is 0 Å². The highest BCUT2D eigenvalue weighted by atomic mass is 32.2. The minimum Gasteiger partial charge on any atom is -0.493 e. The van der Waals surface area contributed by atoms with Crippen LogP contribution < -0.4 is 47.4 Å². The largest absolute Gasteiger partial charge is 0.493 e. The SMILES string of the molecule is C=CCOc1c(C)c2c(c3c1CC1[C@H]4c5c(cc(C)c(OC)c5OCOC)C[C@@H]([C@H](C#N)N1[C@H]3CO)N4C)OCO2.C=CCOc1c(C)c2c(c3c1CC1[C@H]4c5c(cc(C)c(OC)c5OCOC)C[C@@H]([C@H](C#N)N1[C@H]3COC(=O)/C(=C/SCC1c3ccccc3-c3ccccc31)OCOC)N4C)OCO2.COCO/C(=C\SCC1c2ccccc2-c2ccccc21)C(=O)O. The molecule has 18 rings (SSSR count). The maximum atomic E-state index is 14.4. The number of aliphatic carboxylic acids is 1. The number of nitriles is 2. The standard InChI is InChI=1S/C50H53N3O10S.C31H37N3O7.C19H18O4S/c1-8-17-58-46-29(3)47-49(63-27-62-47)43-35(46)20-38-44-42-30(18-28(2)45(57-7)48(42)61-26-56-6)19-37(52(44)4)39(21-51)53(38)40(43)22-59-50(54)41(60-25-55-5)24-64-23-36-33-15-11-9-13-31(33)32-14-10-12-16-34(32)36;1-7-8-38-28-17(3)29-31(41-15-40-29)25-19(28)11-21-26-24-18(9-16(2)27(37-6)30(24)39-14-36-5)10-20(33(26)4)22(12-32)34(21)23(25)13-35;1-22-12-23-18(19(20)21)11-24-10-17-15-8-4-2-6-13(15)14-7-3-5-9-16(14)17/h8-16,18,24,36-40,44H,1,17,19-20,22-23,25-27H2,2-7H3;7,9,20-23,26,35H,1,8,10-11,13-15H2,2-6H3;2-9,11,17H,10,12H2,1H3,(H,20,21)/b41-24-;;18-11-/t37-,38?,39-,40-,44-;20-,21?,22-,23-,26-;/m00./s1. The van der Waals surface area contributed by atoms with Crippen LogP contribution >= 0.6 is 23.5 Å². The van der Waals surface area contributed by atoms with Gasteiger partial charge in [0.15, 0.2) is 73.2 Å². The topological polar surface area (TPSA) is 292 Å². The van der Waals surface area contributed by atoms with E-state index in [-0.39, 0.29) is 120 Å². The van der Waals surface area contributed by atoms with Crippen LogP contribution in [0.2, 0.25) is 0 Å². The number of carboxylic acids is 1. The first kappa shape index (κ1) is 90.9. The Kier molecular flexibility index (Phi) is 28.1. The van der Waals surface area contributed by atoms with Crippen molar-refractivity contribution in [3.8, 4) is 91.9 Å². The van der Waals surface area contributed by atoms with Crippen molar-refractivity contribution in [3.05, 3.63) is 246 Å². The number of ether oxygens (including phenoxy) is 17. The molecule has 129 heavy (non-hydrogen) atoms. The second-order valence-corrected chi connectivity index (χ2v) is 34.8. The third-order valence-electron chi connectivity index (χ3n) is 26.3. The Morgan fingerprint density at radius 1 is 0.488 bits per heavy atom. The molecule has 676 valence electrons. The van der Waals surface area contributed by atoms with Crippen LogP contribution in [0.4, 0.5) is 0 Å². The summed E-state index contributed by atoms with van der Waals surface area (Å²) < 4.78 is 99.6. The number of hydrogen-bond acceptors (Lipinski definition) is 28. The molecule has 4 bridgehead atoms. The number of carbonyl (C=O) groups is 2. The number of thioether (sulfide) groups is 2. The Morgan fingerprint density at radius 3 is 1.26 bits per heavy atom. The highest BCUT2D eigenvalue weighted by Crippen LogP contribution is 2.62. The number of piperazine rings is 2. The second kappa shape index (κ2) is 39.9. The van der Waals surface area contributed by atoms with Crippen LogP contribution in [-0.2, 0) is 68.4 Å². The van der Waals surface area contributed by atoms with Crippen molar-refractivity contribution >= 4 is 35.5 Å². The zero-order chi connectivity index (χ0) is 90.6. The molecule has 0 aromatic heterocycles. The molecular weight excluding hydrogens is 1690 g/mol. The van der Waals surface area contributed by atoms with Gasteiger partial charge in [0.05, 0.1) is 57.1 Å². The smallest absolute Gasteiger partial charge is 0.374 e. The number of hydrogen-bond donors (Lipinski definition) is 2. The molecular formula is C100H108N6O21S2. The minimum atomic E-state index is -1.09. The predicted octanol–water partition coefficient (Wildman–Crippen LogP) is 15.3. The molecule has 2 aliphatic carbocycles. The van der Waals surface area contributed by atoms with Gasteiger partial charge in [0.25, 0.3) is 0 Å². The van der Waals surface area contributed by atoms with Gasteiger partial charge in [-0.05, 0) is 134 Å². The Balaban J connectivity index is 0.000000159. The van der Waals surface area contributed by atoms with Crippen molar-refractivity contribution in [2.75, 3.05) is 135 Å². The summed E-state index contributed by atoms with van der Waals surface area (Å²) in [4.78, 5) is 34.6. The molecule has 2 saturated heterocycles. The molecule has 10 aliphatic rings. The number of nitrogens with zero attached hydrogens (tertiary/aromatic N) is 6. The van der Waals surface area contributed by atoms with Crippen LogP contribution in [0, 0.1) is 50.4 Å². The number of aliphatic hydroxyl groups is 1. The summed E-state index contributed by atoms with van der Waals surface area (Å²) in [6.07, 6.45) is 5.68. The number of esters is 1. The number of carboxylic acid groups (broad SMARTS) is 1. The third kappa shape index (κ3) is 16.6. The molecule has 2 fully saturated rings. The summed E-state index contributed by atoms with van der Waals surface area (Å²) in [5.74, 6) is 6.28. The summed E-state index contributed by atoms with van der Waals surface area (Å²) in [5.41, 5.74) is 21.3. The van der Waals surface area contributed by atoms with Crippen LogP contribution in [0.15, 0.2) is 157 Å². The van der Waals surface area contributed by atoms with E-state index < -0.39 is 36.1 Å². The van der Waals surface area contributed by atoms with Gasteiger partial charge in [0.2, 0.25) is 25.1 Å². The van der Waals surface area contributed by atoms with Gasteiger partial charge in [-0.1, -0.05) is 135 Å². The van der Waals surface area contributed by atoms with Gasteiger partial charge < -0.3 is 90.7 Å². The molecule has 10 atom stereocenters. The molecule has 8 aliphatic heterocycles. The first-order valence-electron chi connectivity index (χ1n) is 42.9. The highest BCUT2D eigenvalue weighted by Gasteiger charge is 2.60. The average molecular weight is 1790 g/mol. The molecule has 27 nitrogen and oxygen atoms in total. The molecule has 0 radical (unpaired) electrons. The fourth-order valence-corrected chi connectivity index (χ4v) is 23.2. The molecule has 8 aromatic carbocycles. The van der Waals surface area contributed by atoms with Gasteiger partial charge in [-0.25, -0.2) is 9.59 Å². The summed E-state index contributed by atoms with van der Waals surface area (Å²) in [5, 5.41) is 45.3. The van der Waals surface area contributed by atoms with Crippen LogP contribution in [0.25, 0.3) is 22.3 Å². The molecule has 2 unspecified atom stereocenters. The molecule has 8 heterocycles. The lowest BCUT2D eigenvalue weighted by molar-refractivity contribution is -0.150. The van der Waals surface area contributed by atoms with Gasteiger partial charge in [0, 0.05) is 131 Å². The van der Waals surface area contributed by atoms with E-state index in [0.717, 1.165) is 72.5 Å². The molecule has 0 amide bonds. The Labute approximate surface area is 760 Å². The van der Waals surface area contributed by atoms with Gasteiger partial charge in [-0.15, -0.1) is 23.5 Å². The van der Waals surface area contributed by atoms with Crippen molar-refractivity contribution in [1.29, 1.82) is 10.5 Å². The molecule has 8 aromatic rings. The Bertz CT molecular complexity index is 5660. The lowest BCUT2D eigenvalue weighted by Crippen LogP contribution is -2.68. The highest BCUT2D eigenvalue weighted by molar-refractivity contribution is 8.02. The first-order chi connectivity index (χ1) is 62.9. The lowest BCUT2D eigenvalue weighted by Gasteiger charge is -2.59. The quantitative estimate of drug-likeness (QED) is 0.0134. The Morgan fingerprint density at radius 2 is 0.876 bits per heavy atom. The number of methoxy groups -OCH3 is 6. The van der Waals surface area contributed by atoms with E-state index in [4.69, 9.17) is 85.6 Å². The van der Waals surface area contributed by atoms with Crippen LogP contribution in [0.5, 0.6) is 57.5 Å². The summed E-state index contributed by atoms with van der Waals surface area (Å²) in [7, 11) is 13.6. The van der Waals surface area contributed by atoms with Crippen molar-refractivity contribution in [1.82, 2.24) is 19.6 Å². The summed E-state index contributed by atoms with van der Waals surface area (Å²) in [6, 6.07) is 39.7. The van der Waals surface area contributed by atoms with E-state index in [2.05, 4.69) is 144 Å². The normalized spacial score (nSPS) is 21.5. The third-order valence-corrected chi connectivity index (χ3v) is 28.1. The monoisotopic (exact) mass is 1790 g/mol. The Hall–Kier alpha value is -11.4. The number of aryl methyl sites for hydroxylation is 2. The van der Waals surface area contributed by atoms with Crippen LogP contribution in [-0.4, -0.2) is 213 Å². The number of carbonyl (C=O) groups excluding carboxylic acids is 1. The zero-order valence-electron chi connectivity index (χ0n) is 74.5. The van der Waals surface area contributed by atoms with Crippen LogP contribution in [0.1, 0.15) is 125 Å². The molecule has 0 saturated carbocycles. The fraction of sp³-hybridized carbons (Fsp3) is 0.400. The van der Waals surface area contributed by atoms with Gasteiger partial charge in [-0.3, -0.25) is 19.6 Å². The number of likely N-dealkylation sites (N-methyl/N-ethyl adjacent to an activating group) is 2. The minimum absolute atomic E-state index is 0.0107. The predicted molar refractivity (Wildman–Crippen MR) is 486 cm³/mol. The second-order valence-electron chi connectivity index (χ2n) is 33.0. The van der Waals surface area contributed by atoms with Crippen molar-refractivity contribution in [2.24, 2.45) is 0 Å². The maximum Gasteiger partial charge on any atom is 0.374 e. The maximum absolute atomic E-state index is 14.4. The molecule has 29 heteroatoms. The van der Waals surface area contributed by atoms with E-state index in [1.807, 2.05) is 52.0 Å². The molecule has 2 N–H and O–H groups in total. The van der Waals surface area contributed by atoms with Crippen LogP contribution in [0.3, 0.4) is 0 Å². The van der Waals surface area contributed by atoms with E-state index in [9.17, 15) is 25.2 Å². The van der Waals surface area contributed by atoms with Gasteiger partial charge >= 0.3 is 11.9 Å². The van der Waals surface area contributed by atoms with Gasteiger partial charge in [-0.2, -0.15) is 10.5 Å². The van der Waals surface area contributed by atoms with Crippen molar-refractivity contribution in [3.63, 3.8) is 0 Å². The van der Waals surface area contributed by atoms with E-state index in [1.165, 1.54) is 82.3 Å². The van der Waals surface area contributed by atoms with E-state index in [0.29, 0.717) is 95.5 Å². The summed E-state index contributed by atoms with van der Waals surface area (Å²) in [6.45, 7) is 15.9. The number of benzene rings is 8. The fourth-order valence-electron chi connectivity index (χ4n) is 21.2. The average Bonchev–Trinajstić information content (AvgIpc) is 1.03. The first-order valence-corrected chi connectivity index (χ1v) is 45.0.